The highest BCUT2D eigenvalue weighted by Gasteiger charge is 2.35. The summed E-state index contributed by atoms with van der Waals surface area (Å²) in [5, 5.41) is 5.24. The number of amides is 1. The van der Waals surface area contributed by atoms with Crippen LogP contribution in [0.5, 0.6) is 5.75 Å². The predicted octanol–water partition coefficient (Wildman–Crippen LogP) is 4.92. The molecule has 8 nitrogen and oxygen atoms in total. The molecule has 9 heteroatoms. The Hall–Kier alpha value is -2.94. The van der Waals surface area contributed by atoms with E-state index < -0.39 is 5.60 Å². The zero-order chi connectivity index (χ0) is 23.3. The number of carbonyl (C=O) groups excluding carboxylic acids is 1. The first-order valence-corrected chi connectivity index (χ1v) is 12.2. The van der Waals surface area contributed by atoms with Gasteiger partial charge in [0.1, 0.15) is 17.7 Å². The smallest absolute Gasteiger partial charge is 0.410 e. The molecule has 5 rings (SSSR count). The van der Waals surface area contributed by atoms with Gasteiger partial charge in [-0.2, -0.15) is 5.10 Å². The van der Waals surface area contributed by atoms with Crippen molar-refractivity contribution in [3.63, 3.8) is 0 Å². The van der Waals surface area contributed by atoms with Crippen LogP contribution in [-0.2, 0) is 11.2 Å². The van der Waals surface area contributed by atoms with E-state index in [2.05, 4.69) is 42.1 Å². The molecule has 1 saturated heterocycles. The van der Waals surface area contributed by atoms with Gasteiger partial charge in [0.15, 0.2) is 10.8 Å². The van der Waals surface area contributed by atoms with Crippen molar-refractivity contribution in [2.45, 2.75) is 58.6 Å². The zero-order valence-electron chi connectivity index (χ0n) is 19.7. The summed E-state index contributed by atoms with van der Waals surface area (Å²) >= 11 is 1.66. The Morgan fingerprint density at radius 1 is 1.27 bits per heavy atom. The van der Waals surface area contributed by atoms with Crippen molar-refractivity contribution in [3.8, 4) is 27.8 Å². The van der Waals surface area contributed by atoms with Crippen molar-refractivity contribution in [1.82, 2.24) is 24.6 Å². The molecule has 0 spiro atoms. The third kappa shape index (κ3) is 4.21. The van der Waals surface area contributed by atoms with Gasteiger partial charge in [0, 0.05) is 41.9 Å². The molecule has 1 amide bonds. The quantitative estimate of drug-likeness (QED) is 0.544. The Morgan fingerprint density at radius 3 is 2.79 bits per heavy atom. The Morgan fingerprint density at radius 2 is 2.06 bits per heavy atom. The highest BCUT2D eigenvalue weighted by Crippen LogP contribution is 2.42. The van der Waals surface area contributed by atoms with Crippen molar-refractivity contribution >= 4 is 17.4 Å². The van der Waals surface area contributed by atoms with E-state index in [4.69, 9.17) is 14.5 Å². The van der Waals surface area contributed by atoms with Gasteiger partial charge in [-0.25, -0.2) is 19.4 Å². The average Bonchev–Trinajstić information content (AvgIpc) is 3.30. The molecule has 33 heavy (non-hydrogen) atoms. The van der Waals surface area contributed by atoms with E-state index in [0.717, 1.165) is 34.3 Å². The fraction of sp³-hybridized carbons (Fsp3) is 0.500. The average molecular weight is 468 g/mol. The fourth-order valence-electron chi connectivity index (χ4n) is 4.13. The van der Waals surface area contributed by atoms with E-state index in [-0.39, 0.29) is 18.1 Å². The van der Waals surface area contributed by atoms with Crippen LogP contribution >= 0.6 is 11.3 Å². The van der Waals surface area contributed by atoms with Gasteiger partial charge in [0.25, 0.3) is 0 Å². The predicted molar refractivity (Wildman–Crippen MR) is 127 cm³/mol. The lowest BCUT2D eigenvalue weighted by molar-refractivity contribution is 0.00819. The van der Waals surface area contributed by atoms with Crippen molar-refractivity contribution in [3.05, 3.63) is 35.0 Å². The van der Waals surface area contributed by atoms with Gasteiger partial charge in [-0.15, -0.1) is 11.3 Å². The Labute approximate surface area is 197 Å². The van der Waals surface area contributed by atoms with Gasteiger partial charge >= 0.3 is 6.09 Å². The molecule has 4 heterocycles. The number of likely N-dealkylation sites (tertiary alicyclic amines) is 1. The summed E-state index contributed by atoms with van der Waals surface area (Å²) in [6.07, 6.45) is 2.14. The second-order valence-electron chi connectivity index (χ2n) is 9.85. The molecule has 0 bridgehead atoms. The highest BCUT2D eigenvalue weighted by atomic mass is 32.1. The Balaban J connectivity index is 1.37. The third-order valence-corrected chi connectivity index (χ3v) is 6.91. The number of carbonyl (C=O) groups is 1. The maximum Gasteiger partial charge on any atom is 0.410 e. The van der Waals surface area contributed by atoms with Crippen molar-refractivity contribution < 1.29 is 14.3 Å². The van der Waals surface area contributed by atoms with Gasteiger partial charge in [-0.05, 0) is 52.3 Å². The number of hydrogen-bond acceptors (Lipinski definition) is 7. The van der Waals surface area contributed by atoms with E-state index >= 15 is 0 Å². The molecule has 3 aromatic rings. The molecule has 2 aromatic heterocycles. The number of nitrogens with zero attached hydrogens (tertiary/aromatic N) is 5. The molecule has 2 aliphatic rings. The summed E-state index contributed by atoms with van der Waals surface area (Å²) in [4.78, 5) is 24.6. The summed E-state index contributed by atoms with van der Waals surface area (Å²) < 4.78 is 13.5. The van der Waals surface area contributed by atoms with Crippen LogP contribution < -0.4 is 4.74 Å². The van der Waals surface area contributed by atoms with Crippen LogP contribution in [0.1, 0.15) is 57.0 Å². The SMILES string of the molecule is CC(C)n1ncnc1-c1nc2c(s1)CCOc1cc(C3CN(C(=O)OC(C)(C)C)C3)ccc1-2. The monoisotopic (exact) mass is 467 g/mol. The molecular weight excluding hydrogens is 438 g/mol. The minimum atomic E-state index is -0.480. The van der Waals surface area contributed by atoms with Gasteiger partial charge in [0.05, 0.1) is 12.3 Å². The first-order valence-electron chi connectivity index (χ1n) is 11.3. The zero-order valence-corrected chi connectivity index (χ0v) is 20.5. The van der Waals surface area contributed by atoms with E-state index in [1.165, 1.54) is 10.4 Å². The van der Waals surface area contributed by atoms with Gasteiger partial charge in [-0.1, -0.05) is 6.07 Å². The van der Waals surface area contributed by atoms with Crippen molar-refractivity contribution in [1.29, 1.82) is 0 Å². The maximum atomic E-state index is 12.3. The van der Waals surface area contributed by atoms with Gasteiger partial charge < -0.3 is 14.4 Å². The molecule has 0 aliphatic carbocycles. The molecule has 0 N–H and O–H groups in total. The summed E-state index contributed by atoms with van der Waals surface area (Å²) in [5.41, 5.74) is 2.67. The molecule has 174 valence electrons. The second-order valence-corrected chi connectivity index (χ2v) is 10.9. The van der Waals surface area contributed by atoms with E-state index in [9.17, 15) is 4.79 Å². The van der Waals surface area contributed by atoms with Gasteiger partial charge in [0.2, 0.25) is 0 Å². The summed E-state index contributed by atoms with van der Waals surface area (Å²) in [6, 6.07) is 6.55. The minimum Gasteiger partial charge on any atom is -0.492 e. The van der Waals surface area contributed by atoms with Crippen LogP contribution in [0.25, 0.3) is 22.1 Å². The largest absolute Gasteiger partial charge is 0.492 e. The molecule has 0 saturated carbocycles. The number of benzene rings is 1. The topological polar surface area (TPSA) is 82.4 Å². The van der Waals surface area contributed by atoms with Crippen molar-refractivity contribution in [2.24, 2.45) is 0 Å². The van der Waals surface area contributed by atoms with Gasteiger partial charge in [-0.3, -0.25) is 0 Å². The number of ether oxygens (including phenoxy) is 2. The van der Waals surface area contributed by atoms with Crippen LogP contribution in [-0.4, -0.2) is 56.0 Å². The summed E-state index contributed by atoms with van der Waals surface area (Å²) in [7, 11) is 0. The molecule has 0 unspecified atom stereocenters. The molecule has 1 aromatic carbocycles. The molecule has 0 atom stereocenters. The number of aromatic nitrogens is 4. The summed E-state index contributed by atoms with van der Waals surface area (Å²) in [5.74, 6) is 1.94. The lowest BCUT2D eigenvalue weighted by atomic mass is 9.90. The first-order chi connectivity index (χ1) is 15.7. The third-order valence-electron chi connectivity index (χ3n) is 5.80. The Bertz CT molecular complexity index is 1190. The first kappa shape index (κ1) is 21.9. The standard InChI is InChI=1S/C24H29N5O3S/c1-14(2)29-21(25-13-26-29)22-27-20-17-7-6-15(10-18(17)31-9-8-19(20)33-22)16-11-28(12-16)23(30)32-24(3,4)5/h6-7,10,13-14,16H,8-9,11-12H2,1-5H3. The van der Waals surface area contributed by atoms with Crippen LogP contribution in [0.3, 0.4) is 0 Å². The lowest BCUT2D eigenvalue weighted by Crippen LogP contribution is -2.50. The second kappa shape index (κ2) is 8.13. The summed E-state index contributed by atoms with van der Waals surface area (Å²) in [6.45, 7) is 11.8. The van der Waals surface area contributed by atoms with E-state index in [1.54, 1.807) is 22.6 Å². The van der Waals surface area contributed by atoms with Crippen LogP contribution in [0.2, 0.25) is 0 Å². The van der Waals surface area contributed by atoms with Crippen LogP contribution in [0, 0.1) is 0 Å². The Kier molecular flexibility index (Phi) is 5.39. The van der Waals surface area contributed by atoms with Crippen LogP contribution in [0.4, 0.5) is 4.79 Å². The lowest BCUT2D eigenvalue weighted by Gasteiger charge is -2.40. The fourth-order valence-corrected chi connectivity index (χ4v) is 5.18. The number of rotatable bonds is 3. The minimum absolute atomic E-state index is 0.215. The van der Waals surface area contributed by atoms with Crippen molar-refractivity contribution in [2.75, 3.05) is 19.7 Å². The molecular formula is C24H29N5O3S. The van der Waals surface area contributed by atoms with Crippen LogP contribution in [0.15, 0.2) is 24.5 Å². The molecule has 2 aliphatic heterocycles. The normalized spacial score (nSPS) is 16.0. The number of hydrogen-bond donors (Lipinski definition) is 0. The highest BCUT2D eigenvalue weighted by molar-refractivity contribution is 7.15. The molecule has 1 fully saturated rings. The number of thiazole rings is 1. The van der Waals surface area contributed by atoms with E-state index in [1.807, 2.05) is 25.5 Å². The number of fused-ring (bicyclic) bond motifs is 3. The maximum absolute atomic E-state index is 12.3. The molecule has 0 radical (unpaired) electrons. The van der Waals surface area contributed by atoms with E-state index in [0.29, 0.717) is 19.7 Å².